The van der Waals surface area contributed by atoms with Crippen molar-refractivity contribution >= 4 is 29.7 Å². The summed E-state index contributed by atoms with van der Waals surface area (Å²) in [6.07, 6.45) is 4.49. The molecule has 0 spiro atoms. The van der Waals surface area contributed by atoms with Crippen molar-refractivity contribution in [2.75, 3.05) is 18.4 Å². The molecule has 0 aliphatic heterocycles. The molecule has 8 nitrogen and oxygen atoms in total. The number of nitrogens with one attached hydrogen (secondary N) is 2. The Morgan fingerprint density at radius 2 is 1.62 bits per heavy atom. The van der Waals surface area contributed by atoms with Gasteiger partial charge in [-0.05, 0) is 41.7 Å². The number of amides is 1. The number of alkyl halides is 3. The highest BCUT2D eigenvalue weighted by molar-refractivity contribution is 5.80. The molecular weight excluding hydrogens is 491 g/mol. The van der Waals surface area contributed by atoms with E-state index in [1.165, 1.54) is 0 Å². The van der Waals surface area contributed by atoms with Crippen LogP contribution in [-0.4, -0.2) is 52.3 Å². The van der Waals surface area contributed by atoms with Gasteiger partial charge in [-0.3, -0.25) is 9.59 Å². The van der Waals surface area contributed by atoms with Crippen molar-refractivity contribution in [3.05, 3.63) is 77.5 Å². The van der Waals surface area contributed by atoms with Crippen LogP contribution >= 0.6 is 0 Å². The van der Waals surface area contributed by atoms with Gasteiger partial charge < -0.3 is 20.8 Å². The van der Waals surface area contributed by atoms with E-state index in [4.69, 9.17) is 9.90 Å². The molecule has 4 N–H and O–H groups in total. The molecule has 1 aliphatic carbocycles. The number of carbonyl (C=O) groups excluding carboxylic acids is 1. The normalized spacial score (nSPS) is 14.2. The Bertz CT molecular complexity index is 1120. The fraction of sp³-hybridized carbons (Fsp3) is 0.308. The first-order chi connectivity index (χ1) is 17.6. The molecule has 1 unspecified atom stereocenters. The first-order valence-corrected chi connectivity index (χ1v) is 11.5. The summed E-state index contributed by atoms with van der Waals surface area (Å²) in [6, 6.07) is 13.5. The first kappa shape index (κ1) is 29.1. The zero-order chi connectivity index (χ0) is 27.3. The van der Waals surface area contributed by atoms with Crippen LogP contribution < -0.4 is 10.6 Å². The van der Waals surface area contributed by atoms with Gasteiger partial charge in [-0.15, -0.1) is 0 Å². The highest BCUT2D eigenvalue weighted by Gasteiger charge is 2.38. The van der Waals surface area contributed by atoms with Crippen LogP contribution in [0.25, 0.3) is 6.08 Å². The van der Waals surface area contributed by atoms with Gasteiger partial charge in [-0.25, -0.2) is 9.78 Å². The van der Waals surface area contributed by atoms with Gasteiger partial charge in [0.2, 0.25) is 5.91 Å². The summed E-state index contributed by atoms with van der Waals surface area (Å²) >= 11 is 0. The van der Waals surface area contributed by atoms with Gasteiger partial charge in [0, 0.05) is 25.2 Å². The lowest BCUT2D eigenvalue weighted by Gasteiger charge is -2.13. The molecule has 0 radical (unpaired) electrons. The van der Waals surface area contributed by atoms with Gasteiger partial charge in [0.15, 0.2) is 0 Å². The average molecular weight is 520 g/mol. The van der Waals surface area contributed by atoms with Crippen LogP contribution in [0.5, 0.6) is 0 Å². The Labute approximate surface area is 211 Å². The van der Waals surface area contributed by atoms with E-state index in [1.54, 1.807) is 6.20 Å². The Morgan fingerprint density at radius 3 is 2.27 bits per heavy atom. The van der Waals surface area contributed by atoms with Crippen molar-refractivity contribution in [3.63, 3.8) is 0 Å². The van der Waals surface area contributed by atoms with E-state index in [-0.39, 0.29) is 24.7 Å². The number of halogens is 3. The quantitative estimate of drug-likeness (QED) is 0.337. The van der Waals surface area contributed by atoms with E-state index in [9.17, 15) is 27.9 Å². The van der Waals surface area contributed by atoms with E-state index in [0.717, 1.165) is 41.9 Å². The van der Waals surface area contributed by atoms with Crippen LogP contribution in [0.15, 0.2) is 66.4 Å². The molecule has 1 aromatic carbocycles. The summed E-state index contributed by atoms with van der Waals surface area (Å²) in [5, 5.41) is 22.6. The number of hydrogen-bond acceptors (Lipinski definition) is 5. The molecule has 1 aliphatic rings. The van der Waals surface area contributed by atoms with Crippen LogP contribution in [-0.2, 0) is 14.4 Å². The summed E-state index contributed by atoms with van der Waals surface area (Å²) in [6.45, 7) is 1.41. The van der Waals surface area contributed by atoms with Crippen molar-refractivity contribution in [3.8, 4) is 0 Å². The van der Waals surface area contributed by atoms with Gasteiger partial charge in [0.05, 0.1) is 12.8 Å². The number of unbranched alkanes of at least 4 members (excludes halogenated alkanes) is 1. The van der Waals surface area contributed by atoms with E-state index >= 15 is 0 Å². The van der Waals surface area contributed by atoms with Crippen molar-refractivity contribution in [2.24, 2.45) is 0 Å². The maximum absolute atomic E-state index is 12.4. The second kappa shape index (κ2) is 14.4. The minimum atomic E-state index is -5.08. The Morgan fingerprint density at radius 1 is 0.946 bits per heavy atom. The Hall–Kier alpha value is -4.15. The number of aliphatic carboxylic acids is 2. The van der Waals surface area contributed by atoms with Crippen LogP contribution in [0.3, 0.4) is 0 Å². The predicted molar refractivity (Wildman–Crippen MR) is 132 cm³/mol. The molecule has 0 saturated carbocycles. The molecule has 37 heavy (non-hydrogen) atoms. The number of carboxylic acids is 2. The van der Waals surface area contributed by atoms with Gasteiger partial charge in [0.25, 0.3) is 0 Å². The smallest absolute Gasteiger partial charge is 0.481 e. The fourth-order valence-electron chi connectivity index (χ4n) is 3.49. The maximum Gasteiger partial charge on any atom is 0.490 e. The van der Waals surface area contributed by atoms with Gasteiger partial charge in [-0.1, -0.05) is 48.6 Å². The lowest BCUT2D eigenvalue weighted by atomic mass is 9.91. The molecule has 11 heteroatoms. The van der Waals surface area contributed by atoms with Crippen molar-refractivity contribution < 1.29 is 37.8 Å². The summed E-state index contributed by atoms with van der Waals surface area (Å²) in [5.74, 6) is -3.05. The molecule has 2 aromatic rings. The lowest BCUT2D eigenvalue weighted by Crippen LogP contribution is -2.25. The van der Waals surface area contributed by atoms with E-state index < -0.39 is 18.1 Å². The molecule has 0 fully saturated rings. The number of carbonyl (C=O) groups is 3. The predicted octanol–water partition coefficient (Wildman–Crippen LogP) is 4.63. The second-order valence-corrected chi connectivity index (χ2v) is 8.09. The number of hydrogen-bond donors (Lipinski definition) is 4. The first-order valence-electron chi connectivity index (χ1n) is 11.5. The summed E-state index contributed by atoms with van der Waals surface area (Å²) in [7, 11) is 0. The number of rotatable bonds is 10. The highest BCUT2D eigenvalue weighted by atomic mass is 19.4. The number of carboxylic acid groups (broad SMARTS) is 2. The molecule has 0 bridgehead atoms. The molecule has 1 atom stereocenters. The average Bonchev–Trinajstić information content (AvgIpc) is 3.00. The molecule has 1 aromatic heterocycles. The third kappa shape index (κ3) is 11.0. The SMILES string of the molecule is O=C(O)C(F)(F)F.O=C(O)CC1C=C(CC(=O)NCCCCNc2ccccn2)C=Cc2ccccc21. The monoisotopic (exact) mass is 519 g/mol. The minimum absolute atomic E-state index is 0.00703. The van der Waals surface area contributed by atoms with Crippen molar-refractivity contribution in [1.29, 1.82) is 0 Å². The number of aromatic nitrogens is 1. The van der Waals surface area contributed by atoms with Crippen LogP contribution in [0.4, 0.5) is 19.0 Å². The maximum atomic E-state index is 12.4. The third-order valence-electron chi connectivity index (χ3n) is 5.19. The highest BCUT2D eigenvalue weighted by Crippen LogP contribution is 2.31. The van der Waals surface area contributed by atoms with Gasteiger partial charge >= 0.3 is 18.1 Å². The van der Waals surface area contributed by atoms with Crippen LogP contribution in [0.1, 0.15) is 42.7 Å². The molecule has 0 saturated heterocycles. The summed E-state index contributed by atoms with van der Waals surface area (Å²) in [5.41, 5.74) is 2.81. The number of fused-ring (bicyclic) bond motifs is 1. The largest absolute Gasteiger partial charge is 0.490 e. The summed E-state index contributed by atoms with van der Waals surface area (Å²) in [4.78, 5) is 36.8. The standard InChI is InChI=1S/C24H27N3O3.C2HF3O2/c28-23(27-14-6-5-13-26-22-9-3-4-12-25-22)16-18-10-11-19-7-1-2-8-21(19)20(15-18)17-24(29)30;3-2(4,5)1(6)7/h1-4,7-12,15,20H,5-6,13-14,16-17H2,(H,25,26)(H,27,28)(H,29,30);(H,6,7). The molecule has 1 heterocycles. The fourth-order valence-corrected chi connectivity index (χ4v) is 3.49. The Balaban J connectivity index is 0.000000604. The Kier molecular flexibility index (Phi) is 11.3. The van der Waals surface area contributed by atoms with E-state index in [0.29, 0.717) is 6.54 Å². The summed E-state index contributed by atoms with van der Waals surface area (Å²) < 4.78 is 31.7. The number of allylic oxidation sites excluding steroid dienone is 2. The van der Waals surface area contributed by atoms with Gasteiger partial charge in [0.1, 0.15) is 5.82 Å². The molecule has 1 amide bonds. The van der Waals surface area contributed by atoms with E-state index in [2.05, 4.69) is 15.6 Å². The topological polar surface area (TPSA) is 129 Å². The van der Waals surface area contributed by atoms with E-state index in [1.807, 2.05) is 60.7 Å². The number of nitrogens with zero attached hydrogens (tertiary/aromatic N) is 1. The zero-order valence-corrected chi connectivity index (χ0v) is 19.9. The number of benzene rings is 1. The third-order valence-corrected chi connectivity index (χ3v) is 5.19. The van der Waals surface area contributed by atoms with Crippen LogP contribution in [0.2, 0.25) is 0 Å². The van der Waals surface area contributed by atoms with Gasteiger partial charge in [-0.2, -0.15) is 13.2 Å². The molecule has 3 rings (SSSR count). The van der Waals surface area contributed by atoms with Crippen molar-refractivity contribution in [1.82, 2.24) is 10.3 Å². The molecular formula is C26H28F3N3O5. The second-order valence-electron chi connectivity index (χ2n) is 8.09. The minimum Gasteiger partial charge on any atom is -0.481 e. The number of anilines is 1. The molecule has 198 valence electrons. The van der Waals surface area contributed by atoms with Crippen molar-refractivity contribution in [2.45, 2.75) is 37.8 Å². The lowest BCUT2D eigenvalue weighted by molar-refractivity contribution is -0.192. The zero-order valence-electron chi connectivity index (χ0n) is 19.9. The number of pyridine rings is 1. The van der Waals surface area contributed by atoms with Crippen LogP contribution in [0, 0.1) is 0 Å².